The van der Waals surface area contributed by atoms with Gasteiger partial charge in [-0.25, -0.2) is 0 Å². The van der Waals surface area contributed by atoms with Crippen molar-refractivity contribution in [2.24, 2.45) is 5.41 Å². The van der Waals surface area contributed by atoms with Gasteiger partial charge in [0.05, 0.1) is 23.2 Å². The molecular weight excluding hydrogens is 407 g/mol. The molecule has 4 rings (SSSR count). The molecule has 1 aromatic carbocycles. The average Bonchev–Trinajstić information content (AvgIpc) is 3.11. The Morgan fingerprint density at radius 3 is 2.48 bits per heavy atom. The molecule has 6 nitrogen and oxygen atoms in total. The first-order chi connectivity index (χ1) is 14.7. The summed E-state index contributed by atoms with van der Waals surface area (Å²) in [5, 5.41) is 14.0. The number of fused-ring (bicyclic) bond motifs is 1. The lowest BCUT2D eigenvalue weighted by Crippen LogP contribution is -2.55. The van der Waals surface area contributed by atoms with E-state index < -0.39 is 17.2 Å². The quantitative estimate of drug-likeness (QED) is 0.617. The fourth-order valence-corrected chi connectivity index (χ4v) is 3.67. The van der Waals surface area contributed by atoms with Crippen LogP contribution in [0, 0.1) is 16.7 Å². The topological polar surface area (TPSA) is 74.8 Å². The smallest absolute Gasteiger partial charge is 0.337 e. The Morgan fingerprint density at radius 2 is 1.90 bits per heavy atom. The fourth-order valence-electron chi connectivity index (χ4n) is 3.67. The van der Waals surface area contributed by atoms with Crippen molar-refractivity contribution in [3.8, 4) is 17.3 Å². The minimum absolute atomic E-state index is 0.0985. The largest absolute Gasteiger partial charge is 0.416 e. The molecule has 1 aliphatic heterocycles. The number of hydrogen-bond acceptors (Lipinski definition) is 4. The van der Waals surface area contributed by atoms with Gasteiger partial charge in [0.25, 0.3) is 0 Å². The highest BCUT2D eigenvalue weighted by atomic mass is 19.4. The molecule has 2 aromatic heterocycles. The summed E-state index contributed by atoms with van der Waals surface area (Å²) in [7, 11) is 0. The number of pyridine rings is 1. The molecule has 0 saturated carbocycles. The number of rotatable bonds is 4. The highest BCUT2D eigenvalue weighted by Crippen LogP contribution is 2.35. The van der Waals surface area contributed by atoms with Crippen molar-refractivity contribution in [1.29, 1.82) is 5.26 Å². The summed E-state index contributed by atoms with van der Waals surface area (Å²) in [6.45, 7) is 4.27. The zero-order valence-electron chi connectivity index (χ0n) is 17.0. The standard InChI is InChI=1S/C22H20F3N5O/c1-3-21(2,13-26)20(31)29-11-16(12-29)30-17-5-4-10-27-19(17)18(28-30)14-6-8-15(9-7-14)22(23,24)25/h4-10,16H,3,11-12H2,1-2H3. The Balaban J connectivity index is 1.63. The van der Waals surface area contributed by atoms with Gasteiger partial charge >= 0.3 is 6.18 Å². The van der Waals surface area contributed by atoms with Crippen LogP contribution in [0.4, 0.5) is 13.2 Å². The van der Waals surface area contributed by atoms with Gasteiger partial charge in [-0.3, -0.25) is 14.5 Å². The van der Waals surface area contributed by atoms with Crippen molar-refractivity contribution < 1.29 is 18.0 Å². The summed E-state index contributed by atoms with van der Waals surface area (Å²) in [5.41, 5.74) is 0.577. The molecule has 1 saturated heterocycles. The number of amides is 1. The van der Waals surface area contributed by atoms with Gasteiger partial charge in [-0.2, -0.15) is 23.5 Å². The van der Waals surface area contributed by atoms with Gasteiger partial charge in [-0.1, -0.05) is 19.1 Å². The number of halogens is 3. The van der Waals surface area contributed by atoms with Gasteiger partial charge in [-0.05, 0) is 37.6 Å². The summed E-state index contributed by atoms with van der Waals surface area (Å²) < 4.78 is 40.4. The molecule has 1 aliphatic rings. The zero-order chi connectivity index (χ0) is 22.4. The molecule has 3 aromatic rings. The third-order valence-electron chi connectivity index (χ3n) is 5.87. The first kappa shape index (κ1) is 20.8. The van der Waals surface area contributed by atoms with E-state index >= 15 is 0 Å². The van der Waals surface area contributed by atoms with Crippen LogP contribution < -0.4 is 0 Å². The minimum atomic E-state index is -4.41. The lowest BCUT2D eigenvalue weighted by molar-refractivity contribution is -0.144. The molecule has 0 spiro atoms. The van der Waals surface area contributed by atoms with Crippen molar-refractivity contribution in [3.63, 3.8) is 0 Å². The van der Waals surface area contributed by atoms with Crippen molar-refractivity contribution in [3.05, 3.63) is 48.2 Å². The number of alkyl halides is 3. The van der Waals surface area contributed by atoms with Gasteiger partial charge in [0.2, 0.25) is 5.91 Å². The molecule has 1 atom stereocenters. The van der Waals surface area contributed by atoms with Crippen molar-refractivity contribution >= 4 is 16.9 Å². The molecule has 1 unspecified atom stereocenters. The maximum atomic E-state index is 12.9. The van der Waals surface area contributed by atoms with E-state index in [-0.39, 0.29) is 11.9 Å². The number of aromatic nitrogens is 3. The summed E-state index contributed by atoms with van der Waals surface area (Å²) in [5.74, 6) is -0.203. The Kier molecular flexibility index (Phi) is 4.96. The molecular formula is C22H20F3N5O. The van der Waals surface area contributed by atoms with Crippen LogP contribution in [-0.2, 0) is 11.0 Å². The van der Waals surface area contributed by atoms with Crippen LogP contribution in [0.3, 0.4) is 0 Å². The van der Waals surface area contributed by atoms with Crippen LogP contribution >= 0.6 is 0 Å². The highest BCUT2D eigenvalue weighted by Gasteiger charge is 2.42. The van der Waals surface area contributed by atoms with E-state index in [0.717, 1.165) is 17.6 Å². The molecule has 0 radical (unpaired) electrons. The Hall–Kier alpha value is -3.41. The second-order valence-electron chi connectivity index (χ2n) is 7.90. The molecule has 0 bridgehead atoms. The molecule has 160 valence electrons. The number of likely N-dealkylation sites (tertiary alicyclic amines) is 1. The Bertz CT molecular complexity index is 1170. The van der Waals surface area contributed by atoms with Gasteiger partial charge < -0.3 is 4.90 Å². The van der Waals surface area contributed by atoms with Gasteiger partial charge in [0.1, 0.15) is 16.6 Å². The monoisotopic (exact) mass is 427 g/mol. The second-order valence-corrected chi connectivity index (χ2v) is 7.90. The number of nitrogens with zero attached hydrogens (tertiary/aromatic N) is 5. The maximum absolute atomic E-state index is 12.9. The van der Waals surface area contributed by atoms with Crippen molar-refractivity contribution in [2.45, 2.75) is 32.5 Å². The van der Waals surface area contributed by atoms with Crippen LogP contribution in [0.2, 0.25) is 0 Å². The van der Waals surface area contributed by atoms with Gasteiger partial charge in [0.15, 0.2) is 0 Å². The number of nitriles is 1. The molecule has 3 heterocycles. The van der Waals surface area contributed by atoms with Crippen LogP contribution in [0.15, 0.2) is 42.6 Å². The first-order valence-electron chi connectivity index (χ1n) is 9.89. The average molecular weight is 427 g/mol. The predicted molar refractivity (Wildman–Crippen MR) is 108 cm³/mol. The van der Waals surface area contributed by atoms with E-state index in [2.05, 4.69) is 16.2 Å². The van der Waals surface area contributed by atoms with Gasteiger partial charge in [0, 0.05) is 24.8 Å². The second kappa shape index (κ2) is 7.38. The van der Waals surface area contributed by atoms with E-state index in [4.69, 9.17) is 0 Å². The number of benzene rings is 1. The molecule has 1 amide bonds. The summed E-state index contributed by atoms with van der Waals surface area (Å²) in [6, 6.07) is 10.4. The number of carbonyl (C=O) groups excluding carboxylic acids is 1. The van der Waals surface area contributed by atoms with Crippen molar-refractivity contribution in [1.82, 2.24) is 19.7 Å². The molecule has 31 heavy (non-hydrogen) atoms. The zero-order valence-corrected chi connectivity index (χ0v) is 17.0. The van der Waals surface area contributed by atoms with E-state index in [0.29, 0.717) is 36.3 Å². The van der Waals surface area contributed by atoms with Crippen LogP contribution in [0.5, 0.6) is 0 Å². The summed E-state index contributed by atoms with van der Waals surface area (Å²) in [4.78, 5) is 18.7. The van der Waals surface area contributed by atoms with Gasteiger partial charge in [-0.15, -0.1) is 0 Å². The molecule has 0 N–H and O–H groups in total. The predicted octanol–water partition coefficient (Wildman–Crippen LogP) is 4.44. The lowest BCUT2D eigenvalue weighted by Gasteiger charge is -2.42. The number of carbonyl (C=O) groups is 1. The fraction of sp³-hybridized carbons (Fsp3) is 0.364. The molecule has 0 aliphatic carbocycles. The summed E-state index contributed by atoms with van der Waals surface area (Å²) >= 11 is 0. The van der Waals surface area contributed by atoms with Crippen LogP contribution in [0.25, 0.3) is 22.3 Å². The minimum Gasteiger partial charge on any atom is -0.337 e. The van der Waals surface area contributed by atoms with Crippen LogP contribution in [0.1, 0.15) is 31.9 Å². The highest BCUT2D eigenvalue weighted by molar-refractivity contribution is 5.90. The normalized spacial score (nSPS) is 16.6. The van der Waals surface area contributed by atoms with E-state index in [9.17, 15) is 23.2 Å². The maximum Gasteiger partial charge on any atom is 0.416 e. The SMILES string of the molecule is CCC(C)(C#N)C(=O)N1CC(n2nc(-c3ccc(C(F)(F)F)cc3)c3ncccc32)C1. The Labute approximate surface area is 176 Å². The van der Waals surface area contributed by atoms with Crippen molar-refractivity contribution in [2.75, 3.05) is 13.1 Å². The Morgan fingerprint density at radius 1 is 1.23 bits per heavy atom. The molecule has 1 fully saturated rings. The van der Waals surface area contributed by atoms with E-state index in [1.165, 1.54) is 12.1 Å². The summed E-state index contributed by atoms with van der Waals surface area (Å²) in [6.07, 6.45) is -2.37. The lowest BCUT2D eigenvalue weighted by atomic mass is 9.86. The van der Waals surface area contributed by atoms with E-state index in [1.54, 1.807) is 35.7 Å². The third kappa shape index (κ3) is 3.52. The molecule has 9 heteroatoms. The third-order valence-corrected chi connectivity index (χ3v) is 5.87. The van der Waals surface area contributed by atoms with E-state index in [1.807, 2.05) is 6.07 Å². The first-order valence-corrected chi connectivity index (χ1v) is 9.89. The van der Waals surface area contributed by atoms with Crippen LogP contribution in [-0.4, -0.2) is 38.7 Å². The number of hydrogen-bond donors (Lipinski definition) is 0.